The van der Waals surface area contributed by atoms with E-state index in [0.29, 0.717) is 6.61 Å². The second-order valence-electron chi connectivity index (χ2n) is 6.53. The first-order chi connectivity index (χ1) is 8.31. The lowest BCUT2D eigenvalue weighted by Gasteiger charge is -2.40. The van der Waals surface area contributed by atoms with Gasteiger partial charge in [0.2, 0.25) is 6.29 Å². The van der Waals surface area contributed by atoms with Crippen molar-refractivity contribution in [2.75, 3.05) is 6.61 Å². The third-order valence-corrected chi connectivity index (χ3v) is 4.23. The van der Waals surface area contributed by atoms with Crippen molar-refractivity contribution in [1.82, 2.24) is 0 Å². The molecule has 1 heterocycles. The topological polar surface area (TPSA) is 35.5 Å². The maximum atomic E-state index is 12.5. The third-order valence-electron chi connectivity index (χ3n) is 4.23. The molecule has 0 saturated carbocycles. The van der Waals surface area contributed by atoms with Crippen molar-refractivity contribution in [2.45, 2.75) is 73.0 Å². The zero-order valence-corrected chi connectivity index (χ0v) is 12.5. The molecule has 0 aromatic heterocycles. The Labute approximate surface area is 111 Å². The van der Waals surface area contributed by atoms with E-state index in [1.54, 1.807) is 0 Å². The van der Waals surface area contributed by atoms with Crippen LogP contribution < -0.4 is 0 Å². The number of ether oxygens (including phenoxy) is 2. The number of esters is 1. The van der Waals surface area contributed by atoms with Crippen molar-refractivity contribution >= 4 is 5.97 Å². The molecule has 1 saturated heterocycles. The molecule has 0 aliphatic carbocycles. The minimum absolute atomic E-state index is 0.102. The highest BCUT2D eigenvalue weighted by Gasteiger charge is 2.45. The van der Waals surface area contributed by atoms with Gasteiger partial charge in [0.05, 0.1) is 12.0 Å². The van der Waals surface area contributed by atoms with E-state index in [1.807, 2.05) is 6.92 Å². The van der Waals surface area contributed by atoms with Crippen LogP contribution in [0.5, 0.6) is 0 Å². The largest absolute Gasteiger partial charge is 0.435 e. The summed E-state index contributed by atoms with van der Waals surface area (Å²) in [6.45, 7) is 11.1. The van der Waals surface area contributed by atoms with Gasteiger partial charge >= 0.3 is 5.97 Å². The van der Waals surface area contributed by atoms with Crippen LogP contribution in [-0.4, -0.2) is 18.9 Å². The average molecular weight is 256 g/mol. The molecule has 0 N–H and O–H groups in total. The van der Waals surface area contributed by atoms with Crippen molar-refractivity contribution in [1.29, 1.82) is 0 Å². The van der Waals surface area contributed by atoms with Crippen LogP contribution in [0.1, 0.15) is 66.7 Å². The molecule has 1 unspecified atom stereocenters. The Morgan fingerprint density at radius 1 is 1.28 bits per heavy atom. The number of rotatable bonds is 4. The molecule has 2 atom stereocenters. The lowest BCUT2D eigenvalue weighted by Crippen LogP contribution is -2.43. The first kappa shape index (κ1) is 15.5. The van der Waals surface area contributed by atoms with E-state index in [-0.39, 0.29) is 17.7 Å². The summed E-state index contributed by atoms with van der Waals surface area (Å²) >= 11 is 0. The van der Waals surface area contributed by atoms with Gasteiger partial charge in [0.25, 0.3) is 0 Å². The van der Waals surface area contributed by atoms with E-state index < -0.39 is 5.41 Å². The Hall–Kier alpha value is -0.570. The van der Waals surface area contributed by atoms with Gasteiger partial charge in [0.15, 0.2) is 0 Å². The standard InChI is InChI=1S/C15H28O3/c1-6-10-15(5,14(2,3)4)13(16)18-12-9-7-8-11-17-12/h12H,6-11H2,1-5H3/t12?,15-/m0/s1. The molecular formula is C15H28O3. The van der Waals surface area contributed by atoms with Gasteiger partial charge in [-0.25, -0.2) is 0 Å². The Balaban J connectivity index is 2.70. The number of carbonyl (C=O) groups excluding carboxylic acids is 1. The summed E-state index contributed by atoms with van der Waals surface area (Å²) < 4.78 is 11.1. The van der Waals surface area contributed by atoms with Crippen LogP contribution in [-0.2, 0) is 14.3 Å². The fraction of sp³-hybridized carbons (Fsp3) is 0.933. The van der Waals surface area contributed by atoms with E-state index >= 15 is 0 Å². The van der Waals surface area contributed by atoms with Gasteiger partial charge in [-0.1, -0.05) is 34.1 Å². The molecule has 0 aromatic rings. The van der Waals surface area contributed by atoms with E-state index in [0.717, 1.165) is 32.1 Å². The zero-order valence-electron chi connectivity index (χ0n) is 12.5. The second kappa shape index (κ2) is 6.05. The molecule has 1 aliphatic heterocycles. The van der Waals surface area contributed by atoms with Crippen LogP contribution in [0.3, 0.4) is 0 Å². The van der Waals surface area contributed by atoms with Crippen molar-refractivity contribution in [3.8, 4) is 0 Å². The van der Waals surface area contributed by atoms with Crippen molar-refractivity contribution < 1.29 is 14.3 Å². The van der Waals surface area contributed by atoms with Gasteiger partial charge < -0.3 is 9.47 Å². The molecule has 1 rings (SSSR count). The maximum absolute atomic E-state index is 12.5. The Morgan fingerprint density at radius 3 is 2.39 bits per heavy atom. The highest BCUT2D eigenvalue weighted by Crippen LogP contribution is 2.43. The van der Waals surface area contributed by atoms with E-state index in [4.69, 9.17) is 9.47 Å². The molecule has 0 spiro atoms. The first-order valence-electron chi connectivity index (χ1n) is 7.14. The molecule has 106 valence electrons. The van der Waals surface area contributed by atoms with E-state index in [2.05, 4.69) is 27.7 Å². The molecular weight excluding hydrogens is 228 g/mol. The average Bonchev–Trinajstić information content (AvgIpc) is 2.29. The molecule has 0 radical (unpaired) electrons. The van der Waals surface area contributed by atoms with Crippen LogP contribution in [0.2, 0.25) is 0 Å². The second-order valence-corrected chi connectivity index (χ2v) is 6.53. The van der Waals surface area contributed by atoms with Crippen LogP contribution in [0.25, 0.3) is 0 Å². The summed E-state index contributed by atoms with van der Waals surface area (Å²) in [6, 6.07) is 0. The fourth-order valence-corrected chi connectivity index (χ4v) is 2.34. The molecule has 1 fully saturated rings. The quantitative estimate of drug-likeness (QED) is 0.715. The molecule has 3 nitrogen and oxygen atoms in total. The summed E-state index contributed by atoms with van der Waals surface area (Å²) in [4.78, 5) is 12.5. The molecule has 0 bridgehead atoms. The summed E-state index contributed by atoms with van der Waals surface area (Å²) in [5.74, 6) is -0.108. The monoisotopic (exact) mass is 256 g/mol. The van der Waals surface area contributed by atoms with Crippen molar-refractivity contribution in [3.05, 3.63) is 0 Å². The van der Waals surface area contributed by atoms with Gasteiger partial charge in [0, 0.05) is 6.42 Å². The Bertz CT molecular complexity index is 274. The van der Waals surface area contributed by atoms with Crippen LogP contribution >= 0.6 is 0 Å². The minimum atomic E-state index is -0.442. The predicted octanol–water partition coefficient (Wildman–Crippen LogP) is 3.91. The van der Waals surface area contributed by atoms with Gasteiger partial charge in [-0.2, -0.15) is 0 Å². The molecule has 0 amide bonds. The smallest absolute Gasteiger partial charge is 0.314 e. The van der Waals surface area contributed by atoms with Gasteiger partial charge in [-0.05, 0) is 31.6 Å². The molecule has 0 aromatic carbocycles. The summed E-state index contributed by atoms with van der Waals surface area (Å²) in [7, 11) is 0. The van der Waals surface area contributed by atoms with Gasteiger partial charge in [-0.15, -0.1) is 0 Å². The number of hydrogen-bond acceptors (Lipinski definition) is 3. The highest BCUT2D eigenvalue weighted by atomic mass is 16.7. The zero-order chi connectivity index (χ0) is 13.8. The van der Waals surface area contributed by atoms with Crippen LogP contribution in [0, 0.1) is 10.8 Å². The van der Waals surface area contributed by atoms with Crippen molar-refractivity contribution in [2.24, 2.45) is 10.8 Å². The molecule has 18 heavy (non-hydrogen) atoms. The summed E-state index contributed by atoms with van der Waals surface area (Å²) in [5, 5.41) is 0. The van der Waals surface area contributed by atoms with Crippen LogP contribution in [0.4, 0.5) is 0 Å². The van der Waals surface area contributed by atoms with Crippen LogP contribution in [0.15, 0.2) is 0 Å². The Kier molecular flexibility index (Phi) is 5.20. The van der Waals surface area contributed by atoms with E-state index in [1.165, 1.54) is 0 Å². The van der Waals surface area contributed by atoms with E-state index in [9.17, 15) is 4.79 Å². The normalized spacial score (nSPS) is 24.4. The Morgan fingerprint density at radius 2 is 1.94 bits per heavy atom. The van der Waals surface area contributed by atoms with Gasteiger partial charge in [0.1, 0.15) is 0 Å². The van der Waals surface area contributed by atoms with Gasteiger partial charge in [-0.3, -0.25) is 4.79 Å². The number of carbonyl (C=O) groups is 1. The predicted molar refractivity (Wildman–Crippen MR) is 72.2 cm³/mol. The highest BCUT2D eigenvalue weighted by molar-refractivity contribution is 5.77. The third kappa shape index (κ3) is 3.47. The fourth-order valence-electron chi connectivity index (χ4n) is 2.34. The number of hydrogen-bond donors (Lipinski definition) is 0. The van der Waals surface area contributed by atoms with Crippen molar-refractivity contribution in [3.63, 3.8) is 0 Å². The summed E-state index contributed by atoms with van der Waals surface area (Å²) in [6.07, 6.45) is 4.48. The lowest BCUT2D eigenvalue weighted by molar-refractivity contribution is -0.202. The SMILES string of the molecule is CCC[C@@](C)(C(=O)OC1CCCCO1)C(C)(C)C. The summed E-state index contributed by atoms with van der Waals surface area (Å²) in [5.41, 5.74) is -0.544. The molecule has 3 heteroatoms. The maximum Gasteiger partial charge on any atom is 0.314 e. The first-order valence-corrected chi connectivity index (χ1v) is 7.14. The minimum Gasteiger partial charge on any atom is -0.435 e. The lowest BCUT2D eigenvalue weighted by atomic mass is 9.65. The molecule has 1 aliphatic rings.